The third-order valence-electron chi connectivity index (χ3n) is 1.09. The Morgan fingerprint density at radius 2 is 0.952 bits per heavy atom. The van der Waals surface area contributed by atoms with Gasteiger partial charge in [-0.05, 0) is 42.0 Å². The largest absolute Gasteiger partial charge is 2.00 e. The minimum atomic E-state index is -1.08. The van der Waals surface area contributed by atoms with Crippen molar-refractivity contribution in [1.82, 2.24) is 9.80 Å². The number of hydrogen-bond acceptors (Lipinski definition) is 8. The van der Waals surface area contributed by atoms with Gasteiger partial charge in [-0.15, -0.1) is 0 Å². The Balaban J connectivity index is -0.0000000544. The van der Waals surface area contributed by atoms with Crippen LogP contribution in [0.5, 0.6) is 0 Å². The molecule has 0 bridgehead atoms. The van der Waals surface area contributed by atoms with E-state index in [2.05, 4.69) is 0 Å². The molecule has 0 spiro atoms. The zero-order chi connectivity index (χ0) is 17.1. The van der Waals surface area contributed by atoms with Gasteiger partial charge in [0.1, 0.15) is 0 Å². The fourth-order valence-corrected chi connectivity index (χ4v) is 0.400. The van der Waals surface area contributed by atoms with E-state index in [1.54, 1.807) is 0 Å². The van der Waals surface area contributed by atoms with E-state index >= 15 is 0 Å². The van der Waals surface area contributed by atoms with E-state index in [1.165, 1.54) is 0 Å². The maximum Gasteiger partial charge on any atom is 2.00 e. The van der Waals surface area contributed by atoms with Gasteiger partial charge in [-0.1, -0.05) is 0 Å². The summed E-state index contributed by atoms with van der Waals surface area (Å²) in [5.74, 6) is -2.17. The van der Waals surface area contributed by atoms with Gasteiger partial charge in [0.2, 0.25) is 0 Å². The Hall–Kier alpha value is -0.558. The number of aliphatic hydroxyl groups excluding tert-OH is 2. The normalized spacial score (nSPS) is 8.10. The number of likely N-dealkylation sites (N-methyl/N-ethyl adjacent to an activating group) is 2. The van der Waals surface area contributed by atoms with Gasteiger partial charge in [0.05, 0.1) is 13.2 Å². The zero-order valence-corrected chi connectivity index (χ0v) is 15.1. The van der Waals surface area contributed by atoms with Crippen LogP contribution in [0, 0.1) is 0 Å². The van der Waals surface area contributed by atoms with E-state index in [9.17, 15) is 0 Å². The summed E-state index contributed by atoms with van der Waals surface area (Å²) in [6.07, 6.45) is 0. The Kier molecular flexibility index (Phi) is 42.8. The predicted octanol–water partition coefficient (Wildman–Crippen LogP) is -3.41. The molecule has 0 atom stereocenters. The van der Waals surface area contributed by atoms with Crippen molar-refractivity contribution in [3.8, 4) is 0 Å². The van der Waals surface area contributed by atoms with Crippen molar-refractivity contribution in [2.24, 2.45) is 0 Å². The molecule has 0 aliphatic rings. The van der Waals surface area contributed by atoms with Crippen LogP contribution in [0.25, 0.3) is 0 Å². The third-order valence-corrected chi connectivity index (χ3v) is 1.09. The SMILES string of the molecule is CC(=O)[O-].CC(=O)[O-].CN(C)CCO.CN(C)CCO.[Pd+2]. The van der Waals surface area contributed by atoms with Crippen LogP contribution in [0.1, 0.15) is 13.8 Å². The monoisotopic (exact) mass is 402 g/mol. The van der Waals surface area contributed by atoms with Gasteiger partial charge in [0, 0.05) is 25.0 Å². The van der Waals surface area contributed by atoms with Crippen molar-refractivity contribution in [1.29, 1.82) is 0 Å². The molecule has 0 saturated carbocycles. The molecule has 21 heavy (non-hydrogen) atoms. The van der Waals surface area contributed by atoms with Gasteiger partial charge in [-0.25, -0.2) is 0 Å². The van der Waals surface area contributed by atoms with Crippen LogP contribution < -0.4 is 10.2 Å². The molecule has 0 unspecified atom stereocenters. The number of aliphatic carboxylic acids is 2. The Bertz CT molecular complexity index is 186. The number of carbonyl (C=O) groups is 2. The molecule has 0 rings (SSSR count). The van der Waals surface area contributed by atoms with Crippen molar-refractivity contribution in [2.75, 3.05) is 54.5 Å². The minimum absolute atomic E-state index is 0. The first-order valence-corrected chi connectivity index (χ1v) is 5.87. The first-order chi connectivity index (χ1) is 9.00. The topological polar surface area (TPSA) is 127 Å². The third kappa shape index (κ3) is 200. The summed E-state index contributed by atoms with van der Waals surface area (Å²) in [6.45, 7) is 3.99. The van der Waals surface area contributed by atoms with Gasteiger partial charge in [-0.3, -0.25) is 0 Å². The molecule has 132 valence electrons. The zero-order valence-electron chi connectivity index (χ0n) is 13.6. The molecule has 0 aromatic heterocycles. The van der Waals surface area contributed by atoms with Gasteiger partial charge in [0.25, 0.3) is 0 Å². The molecular formula is C12H28N2O6Pd. The van der Waals surface area contributed by atoms with Crippen LogP contribution in [-0.4, -0.2) is 86.4 Å². The van der Waals surface area contributed by atoms with Crippen LogP contribution in [0.4, 0.5) is 0 Å². The standard InChI is InChI=1S/2C4H11NO.2C2H4O2.Pd/c2*1-5(2)3-4-6;2*1-2(3)4;/h2*6H,3-4H2,1-2H3;2*1H3,(H,3,4);/q;;;;+2/p-2. The smallest absolute Gasteiger partial charge is 0.550 e. The average Bonchev–Trinajstić information content (AvgIpc) is 2.15. The number of aliphatic hydroxyl groups is 2. The van der Waals surface area contributed by atoms with Crippen LogP contribution in [0.15, 0.2) is 0 Å². The number of carboxylic acid groups (broad SMARTS) is 2. The van der Waals surface area contributed by atoms with E-state index < -0.39 is 11.9 Å². The summed E-state index contributed by atoms with van der Waals surface area (Å²) in [6, 6.07) is 0. The second kappa shape index (κ2) is 27.7. The van der Waals surface area contributed by atoms with E-state index in [1.807, 2.05) is 38.0 Å². The molecule has 0 saturated heterocycles. The summed E-state index contributed by atoms with van der Waals surface area (Å²) in [5, 5.41) is 34.2. The Morgan fingerprint density at radius 1 is 0.810 bits per heavy atom. The maximum atomic E-state index is 8.89. The van der Waals surface area contributed by atoms with Crippen molar-refractivity contribution < 1.29 is 50.4 Å². The van der Waals surface area contributed by atoms with E-state index in [-0.39, 0.29) is 33.6 Å². The molecule has 9 heteroatoms. The minimum Gasteiger partial charge on any atom is -0.550 e. The molecule has 0 aromatic carbocycles. The van der Waals surface area contributed by atoms with E-state index in [4.69, 9.17) is 30.0 Å². The molecule has 0 radical (unpaired) electrons. The van der Waals surface area contributed by atoms with Gasteiger partial charge < -0.3 is 39.8 Å². The summed E-state index contributed by atoms with van der Waals surface area (Å²) < 4.78 is 0. The molecule has 0 heterocycles. The number of hydrogen-bond donors (Lipinski definition) is 2. The van der Waals surface area contributed by atoms with Crippen LogP contribution in [0.3, 0.4) is 0 Å². The molecule has 0 amide bonds. The number of carboxylic acids is 2. The Labute approximate surface area is 141 Å². The second-order valence-electron chi connectivity index (χ2n) is 4.04. The fourth-order valence-electron chi connectivity index (χ4n) is 0.400. The number of nitrogens with zero attached hydrogens (tertiary/aromatic N) is 2. The summed E-state index contributed by atoms with van der Waals surface area (Å²) in [4.78, 5) is 21.6. The van der Waals surface area contributed by atoms with Crippen molar-refractivity contribution in [3.63, 3.8) is 0 Å². The van der Waals surface area contributed by atoms with E-state index in [0.717, 1.165) is 26.9 Å². The molecule has 0 aromatic rings. The van der Waals surface area contributed by atoms with Crippen LogP contribution >= 0.6 is 0 Å². The maximum absolute atomic E-state index is 8.89. The van der Waals surface area contributed by atoms with Crippen molar-refractivity contribution >= 4 is 11.9 Å². The van der Waals surface area contributed by atoms with Gasteiger partial charge in [-0.2, -0.15) is 0 Å². The first kappa shape index (κ1) is 32.4. The molecule has 0 aliphatic carbocycles. The molecule has 0 fully saturated rings. The summed E-state index contributed by atoms with van der Waals surface area (Å²) in [7, 11) is 7.71. The first-order valence-electron chi connectivity index (χ1n) is 5.87. The quantitative estimate of drug-likeness (QED) is 0.466. The molecular weight excluding hydrogens is 375 g/mol. The fraction of sp³-hybridized carbons (Fsp3) is 0.833. The van der Waals surface area contributed by atoms with Gasteiger partial charge >= 0.3 is 20.4 Å². The average molecular weight is 403 g/mol. The van der Waals surface area contributed by atoms with Gasteiger partial charge in [0.15, 0.2) is 0 Å². The van der Waals surface area contributed by atoms with Crippen LogP contribution in [0.2, 0.25) is 0 Å². The molecule has 8 nitrogen and oxygen atoms in total. The number of rotatable bonds is 4. The number of carbonyl (C=O) groups excluding carboxylic acids is 2. The Morgan fingerprint density at radius 3 is 0.952 bits per heavy atom. The van der Waals surface area contributed by atoms with Crippen LogP contribution in [-0.2, 0) is 30.0 Å². The molecule has 0 aliphatic heterocycles. The predicted molar refractivity (Wildman–Crippen MR) is 72.6 cm³/mol. The van der Waals surface area contributed by atoms with Crippen molar-refractivity contribution in [2.45, 2.75) is 13.8 Å². The second-order valence-corrected chi connectivity index (χ2v) is 4.04. The molecule has 2 N–H and O–H groups in total. The van der Waals surface area contributed by atoms with Crippen molar-refractivity contribution in [3.05, 3.63) is 0 Å². The summed E-state index contributed by atoms with van der Waals surface area (Å²) in [5.41, 5.74) is 0. The summed E-state index contributed by atoms with van der Waals surface area (Å²) >= 11 is 0. The van der Waals surface area contributed by atoms with E-state index in [0.29, 0.717) is 0 Å².